The van der Waals surface area contributed by atoms with Crippen molar-refractivity contribution in [3.05, 3.63) is 42.0 Å². The van der Waals surface area contributed by atoms with Gasteiger partial charge in [-0.3, -0.25) is 0 Å². The van der Waals surface area contributed by atoms with Crippen molar-refractivity contribution >= 4 is 11.7 Å². The van der Waals surface area contributed by atoms with Crippen molar-refractivity contribution in [3.63, 3.8) is 0 Å². The largest absolute Gasteiger partial charge is 0.493 e. The molecule has 0 spiro atoms. The molecule has 1 atom stereocenters. The van der Waals surface area contributed by atoms with Gasteiger partial charge in [0.2, 0.25) is 0 Å². The number of rotatable bonds is 7. The zero-order chi connectivity index (χ0) is 19.1. The molecule has 0 saturated carbocycles. The number of benzene rings is 2. The fourth-order valence-corrected chi connectivity index (χ4v) is 2.48. The third-order valence-corrected chi connectivity index (χ3v) is 3.90. The van der Waals surface area contributed by atoms with Crippen LogP contribution in [0, 0.1) is 0 Å². The number of carbonyl (C=O) groups excluding carboxylic acids is 1. The SMILES string of the molecule is COc1ccc(NC(=O)NC(C)c2ccc(OC)c(OC)c2)cc1OC. The second-order valence-corrected chi connectivity index (χ2v) is 5.50. The van der Waals surface area contributed by atoms with E-state index in [-0.39, 0.29) is 12.1 Å². The van der Waals surface area contributed by atoms with Gasteiger partial charge in [0, 0.05) is 11.8 Å². The summed E-state index contributed by atoms with van der Waals surface area (Å²) in [7, 11) is 6.25. The first-order valence-electron chi connectivity index (χ1n) is 8.03. The van der Waals surface area contributed by atoms with Gasteiger partial charge in [-0.2, -0.15) is 0 Å². The Labute approximate surface area is 153 Å². The first kappa shape index (κ1) is 19.2. The molecule has 0 aliphatic heterocycles. The number of urea groups is 1. The summed E-state index contributed by atoms with van der Waals surface area (Å²) in [6.07, 6.45) is 0. The molecule has 2 aromatic carbocycles. The Morgan fingerprint density at radius 3 is 1.92 bits per heavy atom. The van der Waals surface area contributed by atoms with Crippen LogP contribution in [-0.2, 0) is 0 Å². The minimum atomic E-state index is -0.334. The standard InChI is InChI=1S/C19H24N2O5/c1-12(13-6-8-15(23-2)17(10-13)25-4)20-19(22)21-14-7-9-16(24-3)18(11-14)26-5/h6-12H,1-5H3,(H2,20,21,22). The summed E-state index contributed by atoms with van der Waals surface area (Å²) in [6, 6.07) is 10.1. The third-order valence-electron chi connectivity index (χ3n) is 3.90. The van der Waals surface area contributed by atoms with E-state index in [1.165, 1.54) is 0 Å². The van der Waals surface area contributed by atoms with Crippen LogP contribution in [0.25, 0.3) is 0 Å². The van der Waals surface area contributed by atoms with Gasteiger partial charge in [-0.1, -0.05) is 6.07 Å². The number of hydrogen-bond donors (Lipinski definition) is 2. The van der Waals surface area contributed by atoms with Gasteiger partial charge < -0.3 is 29.6 Å². The summed E-state index contributed by atoms with van der Waals surface area (Å²) in [5, 5.41) is 5.66. The molecule has 0 heterocycles. The summed E-state index contributed by atoms with van der Waals surface area (Å²) < 4.78 is 20.9. The molecule has 0 bridgehead atoms. The maximum Gasteiger partial charge on any atom is 0.319 e. The first-order valence-corrected chi connectivity index (χ1v) is 8.03. The Kier molecular flexibility index (Phi) is 6.54. The summed E-state index contributed by atoms with van der Waals surface area (Å²) in [5.41, 5.74) is 1.49. The Morgan fingerprint density at radius 1 is 0.808 bits per heavy atom. The number of methoxy groups -OCH3 is 4. The van der Waals surface area contributed by atoms with E-state index in [0.29, 0.717) is 28.7 Å². The van der Waals surface area contributed by atoms with Crippen LogP contribution in [0.1, 0.15) is 18.5 Å². The lowest BCUT2D eigenvalue weighted by molar-refractivity contribution is 0.249. The zero-order valence-electron chi connectivity index (χ0n) is 15.6. The van der Waals surface area contributed by atoms with Gasteiger partial charge in [-0.15, -0.1) is 0 Å². The molecule has 2 N–H and O–H groups in total. The van der Waals surface area contributed by atoms with Crippen molar-refractivity contribution < 1.29 is 23.7 Å². The maximum atomic E-state index is 12.3. The molecule has 7 nitrogen and oxygen atoms in total. The van der Waals surface area contributed by atoms with E-state index < -0.39 is 0 Å². The molecule has 2 rings (SSSR count). The molecule has 2 amide bonds. The predicted molar refractivity (Wildman–Crippen MR) is 99.7 cm³/mol. The van der Waals surface area contributed by atoms with Crippen LogP contribution >= 0.6 is 0 Å². The van der Waals surface area contributed by atoms with Crippen LogP contribution < -0.4 is 29.6 Å². The molecule has 0 radical (unpaired) electrons. The summed E-state index contributed by atoms with van der Waals surface area (Å²) >= 11 is 0. The average Bonchev–Trinajstić information content (AvgIpc) is 2.66. The molecule has 0 aliphatic carbocycles. The number of carbonyl (C=O) groups is 1. The average molecular weight is 360 g/mol. The van der Waals surface area contributed by atoms with Gasteiger partial charge in [0.1, 0.15) is 0 Å². The highest BCUT2D eigenvalue weighted by Gasteiger charge is 2.13. The van der Waals surface area contributed by atoms with Crippen LogP contribution in [0.3, 0.4) is 0 Å². The minimum absolute atomic E-state index is 0.227. The Hall–Kier alpha value is -3.09. The van der Waals surface area contributed by atoms with E-state index in [2.05, 4.69) is 10.6 Å². The fourth-order valence-electron chi connectivity index (χ4n) is 2.48. The van der Waals surface area contributed by atoms with Crippen LogP contribution in [0.4, 0.5) is 10.5 Å². The van der Waals surface area contributed by atoms with Crippen LogP contribution in [0.15, 0.2) is 36.4 Å². The molecule has 1 unspecified atom stereocenters. The Balaban J connectivity index is 2.05. The highest BCUT2D eigenvalue weighted by molar-refractivity contribution is 5.90. The van der Waals surface area contributed by atoms with Gasteiger partial charge in [-0.05, 0) is 36.8 Å². The molecule has 0 fully saturated rings. The summed E-state index contributed by atoms with van der Waals surface area (Å²) in [4.78, 5) is 12.3. The van der Waals surface area contributed by atoms with Gasteiger partial charge in [0.15, 0.2) is 23.0 Å². The zero-order valence-corrected chi connectivity index (χ0v) is 15.6. The highest BCUT2D eigenvalue weighted by atomic mass is 16.5. The second-order valence-electron chi connectivity index (χ2n) is 5.50. The van der Waals surface area contributed by atoms with Crippen molar-refractivity contribution in [1.82, 2.24) is 5.32 Å². The van der Waals surface area contributed by atoms with Crippen molar-refractivity contribution in [2.75, 3.05) is 33.8 Å². The molecule has 0 saturated heterocycles. The minimum Gasteiger partial charge on any atom is -0.493 e. The van der Waals surface area contributed by atoms with Gasteiger partial charge in [0.05, 0.1) is 34.5 Å². The lowest BCUT2D eigenvalue weighted by Gasteiger charge is -2.17. The molecule has 7 heteroatoms. The molecule has 140 valence electrons. The van der Waals surface area contributed by atoms with Crippen molar-refractivity contribution in [2.24, 2.45) is 0 Å². The van der Waals surface area contributed by atoms with E-state index in [4.69, 9.17) is 18.9 Å². The second kappa shape index (κ2) is 8.84. The molecule has 2 aromatic rings. The molecule has 26 heavy (non-hydrogen) atoms. The fraction of sp³-hybridized carbons (Fsp3) is 0.316. The monoisotopic (exact) mass is 360 g/mol. The number of ether oxygens (including phenoxy) is 4. The highest BCUT2D eigenvalue weighted by Crippen LogP contribution is 2.31. The van der Waals surface area contributed by atoms with E-state index in [0.717, 1.165) is 5.56 Å². The van der Waals surface area contributed by atoms with Crippen molar-refractivity contribution in [1.29, 1.82) is 0 Å². The first-order chi connectivity index (χ1) is 12.5. The van der Waals surface area contributed by atoms with Crippen molar-refractivity contribution in [3.8, 4) is 23.0 Å². The molecule has 0 aliphatic rings. The summed E-state index contributed by atoms with van der Waals surface area (Å²) in [5.74, 6) is 2.38. The number of anilines is 1. The maximum absolute atomic E-state index is 12.3. The van der Waals surface area contributed by atoms with E-state index in [9.17, 15) is 4.79 Å². The van der Waals surface area contributed by atoms with Gasteiger partial charge in [0.25, 0.3) is 0 Å². The lowest BCUT2D eigenvalue weighted by atomic mass is 10.1. The molecular weight excluding hydrogens is 336 g/mol. The van der Waals surface area contributed by atoms with E-state index >= 15 is 0 Å². The predicted octanol–water partition coefficient (Wildman–Crippen LogP) is 3.60. The van der Waals surface area contributed by atoms with E-state index in [1.54, 1.807) is 52.7 Å². The number of nitrogens with one attached hydrogen (secondary N) is 2. The van der Waals surface area contributed by atoms with Crippen molar-refractivity contribution in [2.45, 2.75) is 13.0 Å². The van der Waals surface area contributed by atoms with Crippen LogP contribution in [-0.4, -0.2) is 34.5 Å². The smallest absolute Gasteiger partial charge is 0.319 e. The number of hydrogen-bond acceptors (Lipinski definition) is 5. The number of amides is 2. The van der Waals surface area contributed by atoms with Crippen LogP contribution in [0.2, 0.25) is 0 Å². The molecular formula is C19H24N2O5. The summed E-state index contributed by atoms with van der Waals surface area (Å²) in [6.45, 7) is 1.88. The van der Waals surface area contributed by atoms with Gasteiger partial charge in [-0.25, -0.2) is 4.79 Å². The Morgan fingerprint density at radius 2 is 1.35 bits per heavy atom. The van der Waals surface area contributed by atoms with Crippen LogP contribution in [0.5, 0.6) is 23.0 Å². The molecule has 0 aromatic heterocycles. The normalized spacial score (nSPS) is 11.3. The Bertz CT molecular complexity index is 764. The quantitative estimate of drug-likeness (QED) is 0.789. The third kappa shape index (κ3) is 4.50. The lowest BCUT2D eigenvalue weighted by Crippen LogP contribution is -2.31. The topological polar surface area (TPSA) is 78.1 Å². The van der Waals surface area contributed by atoms with E-state index in [1.807, 2.05) is 19.1 Å². The van der Waals surface area contributed by atoms with Gasteiger partial charge >= 0.3 is 6.03 Å².